The van der Waals surface area contributed by atoms with Crippen LogP contribution in [-0.2, 0) is 0 Å². The molecule has 2 aromatic carbocycles. The summed E-state index contributed by atoms with van der Waals surface area (Å²) >= 11 is 3.17. The second kappa shape index (κ2) is 5.48. The number of hydrogen-bond donors (Lipinski definition) is 0. The number of carbonyl (C=O) groups is 1. The van der Waals surface area contributed by atoms with Gasteiger partial charge in [0.2, 0.25) is 0 Å². The molecule has 0 fully saturated rings. The number of halogens is 3. The van der Waals surface area contributed by atoms with Gasteiger partial charge in [0.05, 0.1) is 12.7 Å². The van der Waals surface area contributed by atoms with Gasteiger partial charge in [0.25, 0.3) is 0 Å². The molecular formula is C14H9BrF2O2. The van der Waals surface area contributed by atoms with Crippen LogP contribution in [-0.4, -0.2) is 12.9 Å². The molecule has 98 valence electrons. The number of carbonyl (C=O) groups excluding carboxylic acids is 1. The second-order valence-corrected chi connectivity index (χ2v) is 4.65. The van der Waals surface area contributed by atoms with Gasteiger partial charge in [0, 0.05) is 10.0 Å². The summed E-state index contributed by atoms with van der Waals surface area (Å²) in [5.41, 5.74) is 0.165. The van der Waals surface area contributed by atoms with Crippen molar-refractivity contribution in [2.45, 2.75) is 0 Å². The molecule has 2 rings (SSSR count). The number of ether oxygens (including phenoxy) is 1. The molecule has 0 spiro atoms. The van der Waals surface area contributed by atoms with Gasteiger partial charge < -0.3 is 4.74 Å². The van der Waals surface area contributed by atoms with Gasteiger partial charge >= 0.3 is 0 Å². The van der Waals surface area contributed by atoms with Crippen molar-refractivity contribution >= 4 is 21.7 Å². The minimum absolute atomic E-state index is 0.0498. The summed E-state index contributed by atoms with van der Waals surface area (Å²) in [6, 6.07) is 7.36. The molecule has 0 radical (unpaired) electrons. The SMILES string of the molecule is COc1ccc(F)cc1C(=O)c1cc(F)ccc1Br. The molecule has 2 aromatic rings. The maximum Gasteiger partial charge on any atom is 0.198 e. The van der Waals surface area contributed by atoms with Gasteiger partial charge in [-0.05, 0) is 36.4 Å². The number of ketones is 1. The van der Waals surface area contributed by atoms with E-state index in [-0.39, 0.29) is 16.9 Å². The van der Waals surface area contributed by atoms with Crippen molar-refractivity contribution in [1.82, 2.24) is 0 Å². The van der Waals surface area contributed by atoms with Crippen LogP contribution in [0, 0.1) is 11.6 Å². The Morgan fingerprint density at radius 3 is 2.26 bits per heavy atom. The molecule has 2 nitrogen and oxygen atoms in total. The van der Waals surface area contributed by atoms with E-state index in [1.165, 1.54) is 31.4 Å². The lowest BCUT2D eigenvalue weighted by Gasteiger charge is -2.09. The van der Waals surface area contributed by atoms with Crippen LogP contribution in [0.1, 0.15) is 15.9 Å². The Hall–Kier alpha value is -1.75. The molecule has 0 bridgehead atoms. The van der Waals surface area contributed by atoms with Crippen LogP contribution in [0.4, 0.5) is 8.78 Å². The smallest absolute Gasteiger partial charge is 0.198 e. The Bertz CT molecular complexity index is 641. The standard InChI is InChI=1S/C14H9BrF2O2/c1-19-13-5-3-9(17)7-11(13)14(18)10-6-8(16)2-4-12(10)15/h2-7H,1H3. The molecule has 0 saturated heterocycles. The van der Waals surface area contributed by atoms with Crippen LogP contribution >= 0.6 is 15.9 Å². The van der Waals surface area contributed by atoms with E-state index in [4.69, 9.17) is 4.74 Å². The molecular weight excluding hydrogens is 318 g/mol. The van der Waals surface area contributed by atoms with Crippen molar-refractivity contribution in [2.24, 2.45) is 0 Å². The molecule has 0 aliphatic rings. The van der Waals surface area contributed by atoms with E-state index in [1.54, 1.807) is 0 Å². The highest BCUT2D eigenvalue weighted by molar-refractivity contribution is 9.10. The van der Waals surface area contributed by atoms with Gasteiger partial charge in [-0.1, -0.05) is 15.9 Å². The molecule has 5 heteroatoms. The van der Waals surface area contributed by atoms with Gasteiger partial charge in [0.1, 0.15) is 17.4 Å². The molecule has 0 aliphatic carbocycles. The highest BCUT2D eigenvalue weighted by Crippen LogP contribution is 2.26. The van der Waals surface area contributed by atoms with E-state index in [9.17, 15) is 13.6 Å². The van der Waals surface area contributed by atoms with Crippen LogP contribution in [0.5, 0.6) is 5.75 Å². The third-order valence-electron chi connectivity index (χ3n) is 2.58. The third-order valence-corrected chi connectivity index (χ3v) is 3.27. The Morgan fingerprint density at radius 2 is 1.63 bits per heavy atom. The van der Waals surface area contributed by atoms with Crippen molar-refractivity contribution in [3.8, 4) is 5.75 Å². The summed E-state index contributed by atoms with van der Waals surface area (Å²) in [4.78, 5) is 12.3. The fourth-order valence-electron chi connectivity index (χ4n) is 1.67. The predicted octanol–water partition coefficient (Wildman–Crippen LogP) is 3.97. The zero-order valence-corrected chi connectivity index (χ0v) is 11.5. The van der Waals surface area contributed by atoms with E-state index in [1.807, 2.05) is 0 Å². The van der Waals surface area contributed by atoms with Gasteiger partial charge in [-0.15, -0.1) is 0 Å². The van der Waals surface area contributed by atoms with Crippen molar-refractivity contribution in [1.29, 1.82) is 0 Å². The summed E-state index contributed by atoms with van der Waals surface area (Å²) in [5, 5.41) is 0. The van der Waals surface area contributed by atoms with Crippen molar-refractivity contribution in [2.75, 3.05) is 7.11 Å². The Kier molecular flexibility index (Phi) is 3.95. The topological polar surface area (TPSA) is 26.3 Å². The minimum atomic E-state index is -0.559. The lowest BCUT2D eigenvalue weighted by atomic mass is 10.0. The lowest BCUT2D eigenvalue weighted by Crippen LogP contribution is -2.06. The summed E-state index contributed by atoms with van der Waals surface area (Å²) in [6.07, 6.45) is 0. The number of methoxy groups -OCH3 is 1. The molecule has 0 N–H and O–H groups in total. The zero-order valence-electron chi connectivity index (χ0n) is 9.91. The predicted molar refractivity (Wildman–Crippen MR) is 70.5 cm³/mol. The number of benzene rings is 2. The van der Waals surface area contributed by atoms with E-state index in [0.29, 0.717) is 4.47 Å². The fraction of sp³-hybridized carbons (Fsp3) is 0.0714. The van der Waals surface area contributed by atoms with Gasteiger partial charge in [-0.25, -0.2) is 8.78 Å². The summed E-state index contributed by atoms with van der Waals surface area (Å²) in [7, 11) is 1.38. The zero-order chi connectivity index (χ0) is 14.0. The average molecular weight is 327 g/mol. The maximum absolute atomic E-state index is 13.2. The van der Waals surface area contributed by atoms with Gasteiger partial charge in [-0.2, -0.15) is 0 Å². The minimum Gasteiger partial charge on any atom is -0.496 e. The monoisotopic (exact) mass is 326 g/mol. The van der Waals surface area contributed by atoms with E-state index in [2.05, 4.69) is 15.9 Å². The average Bonchev–Trinajstić information content (AvgIpc) is 2.40. The third kappa shape index (κ3) is 2.81. The normalized spacial score (nSPS) is 10.3. The van der Waals surface area contributed by atoms with Gasteiger partial charge in [-0.3, -0.25) is 4.79 Å². The molecule has 0 aliphatic heterocycles. The molecule has 0 atom stereocenters. The van der Waals surface area contributed by atoms with Crippen molar-refractivity contribution in [3.05, 3.63) is 63.6 Å². The Balaban J connectivity index is 2.55. The first-order valence-electron chi connectivity index (χ1n) is 5.36. The maximum atomic E-state index is 13.2. The first-order valence-corrected chi connectivity index (χ1v) is 6.15. The summed E-state index contributed by atoms with van der Waals surface area (Å²) < 4.78 is 31.9. The largest absolute Gasteiger partial charge is 0.496 e. The van der Waals surface area contributed by atoms with Crippen molar-refractivity contribution < 1.29 is 18.3 Å². The molecule has 19 heavy (non-hydrogen) atoms. The molecule has 0 amide bonds. The van der Waals surface area contributed by atoms with E-state index in [0.717, 1.165) is 12.1 Å². The van der Waals surface area contributed by atoms with Crippen molar-refractivity contribution in [3.63, 3.8) is 0 Å². The molecule has 0 heterocycles. The van der Waals surface area contributed by atoms with Crippen LogP contribution in [0.3, 0.4) is 0 Å². The van der Waals surface area contributed by atoms with Crippen LogP contribution in [0.15, 0.2) is 40.9 Å². The highest BCUT2D eigenvalue weighted by Gasteiger charge is 2.18. The second-order valence-electron chi connectivity index (χ2n) is 3.80. The molecule has 0 aromatic heterocycles. The van der Waals surface area contributed by atoms with E-state index < -0.39 is 17.4 Å². The lowest BCUT2D eigenvalue weighted by molar-refractivity contribution is 0.103. The first-order chi connectivity index (χ1) is 9.02. The Labute approximate surface area is 117 Å². The fourth-order valence-corrected chi connectivity index (χ4v) is 2.10. The molecule has 0 saturated carbocycles. The van der Waals surface area contributed by atoms with Gasteiger partial charge in [0.15, 0.2) is 5.78 Å². The van der Waals surface area contributed by atoms with E-state index >= 15 is 0 Å². The quantitative estimate of drug-likeness (QED) is 0.798. The molecule has 0 unspecified atom stereocenters. The van der Waals surface area contributed by atoms with Crippen LogP contribution in [0.25, 0.3) is 0 Å². The summed E-state index contributed by atoms with van der Waals surface area (Å²) in [5.74, 6) is -1.37. The summed E-state index contributed by atoms with van der Waals surface area (Å²) in [6.45, 7) is 0. The Morgan fingerprint density at radius 1 is 1.05 bits per heavy atom. The number of rotatable bonds is 3. The highest BCUT2D eigenvalue weighted by atomic mass is 79.9. The van der Waals surface area contributed by atoms with Crippen LogP contribution < -0.4 is 4.74 Å². The number of hydrogen-bond acceptors (Lipinski definition) is 2. The first kappa shape index (κ1) is 13.7. The van der Waals surface area contributed by atoms with Crippen LogP contribution in [0.2, 0.25) is 0 Å².